The van der Waals surface area contributed by atoms with Gasteiger partial charge in [0.05, 0.1) is 6.04 Å². The summed E-state index contributed by atoms with van der Waals surface area (Å²) in [4.78, 5) is 23.7. The molecule has 3 rings (SSSR count). The molecule has 0 fully saturated rings. The van der Waals surface area contributed by atoms with Crippen molar-refractivity contribution in [1.82, 2.24) is 5.32 Å². The van der Waals surface area contributed by atoms with Gasteiger partial charge in [0.1, 0.15) is 12.9 Å². The summed E-state index contributed by atoms with van der Waals surface area (Å²) in [6, 6.07) is 22.8. The van der Waals surface area contributed by atoms with Crippen LogP contribution in [0.4, 0.5) is 4.79 Å². The minimum absolute atomic E-state index is 0.185. The number of ether oxygens (including phenoxy) is 1. The Labute approximate surface area is 152 Å². The van der Waals surface area contributed by atoms with Crippen molar-refractivity contribution >= 4 is 23.2 Å². The van der Waals surface area contributed by atoms with Gasteiger partial charge in [0.25, 0.3) is 0 Å². The molecule has 0 radical (unpaired) electrons. The third kappa shape index (κ3) is 4.09. The van der Waals surface area contributed by atoms with Crippen molar-refractivity contribution in [2.45, 2.75) is 19.6 Å². The van der Waals surface area contributed by atoms with Crippen molar-refractivity contribution in [2.75, 3.05) is 0 Å². The summed E-state index contributed by atoms with van der Waals surface area (Å²) in [5, 5.41) is 4.93. The topological polar surface area (TPSA) is 55.4 Å². The summed E-state index contributed by atoms with van der Waals surface area (Å²) >= 11 is 0. The zero-order valence-corrected chi connectivity index (χ0v) is 14.6. The van der Waals surface area contributed by atoms with E-state index in [4.69, 9.17) is 4.74 Å². The van der Waals surface area contributed by atoms with Gasteiger partial charge in [0.15, 0.2) is 0 Å². The van der Waals surface area contributed by atoms with E-state index in [-0.39, 0.29) is 12.5 Å². The van der Waals surface area contributed by atoms with Crippen molar-refractivity contribution in [1.29, 1.82) is 0 Å². The number of carbonyl (C=O) groups is 2. The number of hydrogen-bond donors (Lipinski definition) is 1. The first kappa shape index (κ1) is 17.7. The van der Waals surface area contributed by atoms with Gasteiger partial charge in [0, 0.05) is 5.92 Å². The van der Waals surface area contributed by atoms with Crippen molar-refractivity contribution in [3.05, 3.63) is 83.9 Å². The predicted molar refractivity (Wildman–Crippen MR) is 102 cm³/mol. The van der Waals surface area contributed by atoms with Crippen LogP contribution in [0.2, 0.25) is 0 Å². The first-order chi connectivity index (χ1) is 12.7. The molecule has 4 heteroatoms. The van der Waals surface area contributed by atoms with Gasteiger partial charge in [-0.15, -0.1) is 0 Å². The molecule has 4 nitrogen and oxygen atoms in total. The second kappa shape index (κ2) is 8.30. The van der Waals surface area contributed by atoms with E-state index in [1.807, 2.05) is 72.8 Å². The van der Waals surface area contributed by atoms with Gasteiger partial charge in [-0.1, -0.05) is 79.7 Å². The Morgan fingerprint density at radius 1 is 1.00 bits per heavy atom. The molecule has 0 aliphatic heterocycles. The number of alkyl carbamates (subject to hydrolysis) is 1. The maximum atomic E-state index is 12.3. The molecule has 0 aliphatic rings. The van der Waals surface area contributed by atoms with Crippen LogP contribution >= 0.6 is 0 Å². The molecule has 2 atom stereocenters. The molecule has 3 aromatic carbocycles. The minimum Gasteiger partial charge on any atom is -0.445 e. The molecular weight excluding hydrogens is 326 g/mol. The van der Waals surface area contributed by atoms with Crippen LogP contribution in [-0.4, -0.2) is 12.4 Å². The molecule has 0 saturated heterocycles. The van der Waals surface area contributed by atoms with Gasteiger partial charge in [-0.25, -0.2) is 4.79 Å². The number of carbonyl (C=O) groups excluding carboxylic acids is 2. The van der Waals surface area contributed by atoms with Gasteiger partial charge < -0.3 is 14.8 Å². The summed E-state index contributed by atoms with van der Waals surface area (Å²) in [6.07, 6.45) is 0.310. The SMILES string of the molecule is C[C@@H](C=O)[C@@H](NC(=O)OCc1ccccc1)c1cccc2ccccc12. The molecule has 0 spiro atoms. The zero-order valence-electron chi connectivity index (χ0n) is 14.6. The van der Waals surface area contributed by atoms with E-state index in [0.29, 0.717) is 0 Å². The van der Waals surface area contributed by atoms with Gasteiger partial charge in [-0.3, -0.25) is 0 Å². The van der Waals surface area contributed by atoms with Gasteiger partial charge >= 0.3 is 6.09 Å². The number of nitrogens with one attached hydrogen (secondary N) is 1. The smallest absolute Gasteiger partial charge is 0.407 e. The van der Waals surface area contributed by atoms with Crippen LogP contribution in [-0.2, 0) is 16.1 Å². The van der Waals surface area contributed by atoms with E-state index in [1.165, 1.54) is 0 Å². The van der Waals surface area contributed by atoms with Crippen LogP contribution in [0.25, 0.3) is 10.8 Å². The van der Waals surface area contributed by atoms with Crippen molar-refractivity contribution in [3.63, 3.8) is 0 Å². The van der Waals surface area contributed by atoms with Gasteiger partial charge in [-0.2, -0.15) is 0 Å². The monoisotopic (exact) mass is 347 g/mol. The molecule has 0 aromatic heterocycles. The van der Waals surface area contributed by atoms with E-state index >= 15 is 0 Å². The Bertz CT molecular complexity index is 887. The molecular formula is C22H21NO3. The Balaban J connectivity index is 1.80. The normalized spacial score (nSPS) is 13.0. The fourth-order valence-corrected chi connectivity index (χ4v) is 2.98. The quantitative estimate of drug-likeness (QED) is 0.661. The lowest BCUT2D eigenvalue weighted by atomic mass is 9.91. The fourth-order valence-electron chi connectivity index (χ4n) is 2.98. The third-order valence-electron chi connectivity index (χ3n) is 4.38. The molecule has 3 aromatic rings. The number of fused-ring (bicyclic) bond motifs is 1. The number of benzene rings is 3. The molecule has 0 heterocycles. The van der Waals surface area contributed by atoms with Crippen LogP contribution in [0.1, 0.15) is 24.1 Å². The second-order valence-corrected chi connectivity index (χ2v) is 6.25. The van der Waals surface area contributed by atoms with E-state index in [9.17, 15) is 9.59 Å². The molecule has 0 saturated carbocycles. The predicted octanol–water partition coefficient (Wildman–Crippen LogP) is 4.64. The number of rotatable bonds is 6. The summed E-state index contributed by atoms with van der Waals surface area (Å²) < 4.78 is 5.32. The second-order valence-electron chi connectivity index (χ2n) is 6.25. The Morgan fingerprint density at radius 2 is 1.69 bits per heavy atom. The molecule has 0 aliphatic carbocycles. The summed E-state index contributed by atoms with van der Waals surface area (Å²) in [5.41, 5.74) is 1.81. The highest BCUT2D eigenvalue weighted by atomic mass is 16.5. The van der Waals surface area contributed by atoms with E-state index in [1.54, 1.807) is 6.92 Å². The van der Waals surface area contributed by atoms with E-state index in [0.717, 1.165) is 28.2 Å². The highest BCUT2D eigenvalue weighted by molar-refractivity contribution is 5.87. The third-order valence-corrected chi connectivity index (χ3v) is 4.38. The molecule has 0 bridgehead atoms. The highest BCUT2D eigenvalue weighted by Crippen LogP contribution is 2.28. The first-order valence-corrected chi connectivity index (χ1v) is 8.59. The van der Waals surface area contributed by atoms with Crippen LogP contribution in [0, 0.1) is 5.92 Å². The van der Waals surface area contributed by atoms with Crippen LogP contribution in [0.5, 0.6) is 0 Å². The van der Waals surface area contributed by atoms with Gasteiger partial charge in [0.2, 0.25) is 0 Å². The largest absolute Gasteiger partial charge is 0.445 e. The zero-order chi connectivity index (χ0) is 18.4. The standard InChI is InChI=1S/C22H21NO3/c1-16(14-24)21(20-13-7-11-18-10-5-6-12-19(18)20)23-22(25)26-15-17-8-3-2-4-9-17/h2-14,16,21H,15H2,1H3,(H,23,25)/t16-,21+/m0/s1. The minimum atomic E-state index is -0.541. The average molecular weight is 347 g/mol. The van der Waals surface area contributed by atoms with Crippen LogP contribution in [0.3, 0.4) is 0 Å². The van der Waals surface area contributed by atoms with Crippen LogP contribution in [0.15, 0.2) is 72.8 Å². The molecule has 26 heavy (non-hydrogen) atoms. The van der Waals surface area contributed by atoms with Crippen molar-refractivity contribution in [3.8, 4) is 0 Å². The van der Waals surface area contributed by atoms with Crippen LogP contribution < -0.4 is 5.32 Å². The lowest BCUT2D eigenvalue weighted by Gasteiger charge is -2.23. The van der Waals surface area contributed by atoms with Gasteiger partial charge in [-0.05, 0) is 21.9 Å². The summed E-state index contributed by atoms with van der Waals surface area (Å²) in [6.45, 7) is 1.97. The molecule has 1 amide bonds. The molecule has 132 valence electrons. The first-order valence-electron chi connectivity index (χ1n) is 8.59. The van der Waals surface area contributed by atoms with E-state index < -0.39 is 12.1 Å². The maximum absolute atomic E-state index is 12.3. The lowest BCUT2D eigenvalue weighted by molar-refractivity contribution is -0.111. The van der Waals surface area contributed by atoms with E-state index in [2.05, 4.69) is 5.32 Å². The maximum Gasteiger partial charge on any atom is 0.407 e. The summed E-state index contributed by atoms with van der Waals surface area (Å²) in [7, 11) is 0. The highest BCUT2D eigenvalue weighted by Gasteiger charge is 2.23. The number of amides is 1. The fraction of sp³-hybridized carbons (Fsp3) is 0.182. The molecule has 1 N–H and O–H groups in total. The Hall–Kier alpha value is -3.14. The number of aldehydes is 1. The van der Waals surface area contributed by atoms with Crippen molar-refractivity contribution in [2.24, 2.45) is 5.92 Å². The number of hydrogen-bond acceptors (Lipinski definition) is 3. The lowest BCUT2D eigenvalue weighted by Crippen LogP contribution is -2.33. The molecule has 0 unspecified atom stereocenters. The van der Waals surface area contributed by atoms with Crippen molar-refractivity contribution < 1.29 is 14.3 Å². The average Bonchev–Trinajstić information content (AvgIpc) is 2.70. The Morgan fingerprint density at radius 3 is 2.46 bits per heavy atom. The summed E-state index contributed by atoms with van der Waals surface area (Å²) in [5.74, 6) is -0.384. The Kier molecular flexibility index (Phi) is 5.64.